The van der Waals surface area contributed by atoms with Gasteiger partial charge in [0.25, 0.3) is 0 Å². The Morgan fingerprint density at radius 3 is 0.750 bits per heavy atom. The van der Waals surface area contributed by atoms with Crippen LogP contribution in [0.1, 0.15) is 400 Å². The van der Waals surface area contributed by atoms with Gasteiger partial charge in [0.05, 0.1) is 0 Å². The summed E-state index contributed by atoms with van der Waals surface area (Å²) < 4.78 is 17.0. The lowest BCUT2D eigenvalue weighted by molar-refractivity contribution is -0.167. The molecule has 6 heteroatoms. The second-order valence-corrected chi connectivity index (χ2v) is 24.5. The third-order valence-corrected chi connectivity index (χ3v) is 16.3. The van der Waals surface area contributed by atoms with E-state index in [1.165, 1.54) is 283 Å². The molecule has 0 radical (unpaired) electrons. The van der Waals surface area contributed by atoms with Gasteiger partial charge in [-0.25, -0.2) is 0 Å². The first-order chi connectivity index (χ1) is 39.5. The molecule has 0 amide bonds. The third kappa shape index (κ3) is 66.4. The van der Waals surface area contributed by atoms with E-state index in [9.17, 15) is 14.4 Å². The molecule has 0 saturated carbocycles. The van der Waals surface area contributed by atoms with Gasteiger partial charge in [-0.3, -0.25) is 14.4 Å². The van der Waals surface area contributed by atoms with Crippen molar-refractivity contribution in [1.29, 1.82) is 0 Å². The van der Waals surface area contributed by atoms with E-state index in [1.54, 1.807) is 0 Å². The molecule has 0 bridgehead atoms. The number of hydrogen-bond donors (Lipinski definition) is 0. The first-order valence-corrected chi connectivity index (χ1v) is 36.0. The van der Waals surface area contributed by atoms with E-state index in [2.05, 4.69) is 57.2 Å². The number of rotatable bonds is 67. The number of esters is 3. The minimum absolute atomic E-state index is 0.0698. The highest BCUT2D eigenvalue weighted by Gasteiger charge is 2.19. The Morgan fingerprint density at radius 1 is 0.250 bits per heavy atom. The van der Waals surface area contributed by atoms with Crippen LogP contribution in [0.2, 0.25) is 0 Å². The molecule has 470 valence electrons. The van der Waals surface area contributed by atoms with Crippen molar-refractivity contribution in [2.45, 2.75) is 406 Å². The average molecular weight is 1120 g/mol. The summed E-state index contributed by atoms with van der Waals surface area (Å²) in [5, 5.41) is 0. The predicted molar refractivity (Wildman–Crippen MR) is 349 cm³/mol. The summed E-state index contributed by atoms with van der Waals surface area (Å²) in [7, 11) is 0. The van der Waals surface area contributed by atoms with Crippen LogP contribution < -0.4 is 0 Å². The fourth-order valence-electron chi connectivity index (χ4n) is 11.0. The van der Waals surface area contributed by atoms with Crippen molar-refractivity contribution in [3.63, 3.8) is 0 Å². The van der Waals surface area contributed by atoms with Gasteiger partial charge in [-0.1, -0.05) is 346 Å². The van der Waals surface area contributed by atoms with Crippen molar-refractivity contribution in [2.24, 2.45) is 0 Å². The van der Waals surface area contributed by atoms with E-state index >= 15 is 0 Å². The first-order valence-electron chi connectivity index (χ1n) is 36.0. The number of unbranched alkanes of at least 4 members (excludes halogenated alkanes) is 50. The Hall–Kier alpha value is -2.37. The largest absolute Gasteiger partial charge is 0.462 e. The topological polar surface area (TPSA) is 78.9 Å². The summed E-state index contributed by atoms with van der Waals surface area (Å²) in [6, 6.07) is 0. The summed E-state index contributed by atoms with van der Waals surface area (Å²) in [5.74, 6) is -0.853. The summed E-state index contributed by atoms with van der Waals surface area (Å²) in [6.45, 7) is 6.64. The number of allylic oxidation sites excluding steroid dienone is 6. The highest BCUT2D eigenvalue weighted by molar-refractivity contribution is 5.71. The molecule has 0 spiro atoms. The molecule has 0 N–H and O–H groups in total. The van der Waals surface area contributed by atoms with E-state index in [0.29, 0.717) is 19.3 Å². The van der Waals surface area contributed by atoms with Crippen molar-refractivity contribution in [3.8, 4) is 0 Å². The van der Waals surface area contributed by atoms with Crippen LogP contribution in [-0.2, 0) is 28.6 Å². The average Bonchev–Trinajstić information content (AvgIpc) is 3.46. The molecular formula is C74H138O6. The highest BCUT2D eigenvalue weighted by atomic mass is 16.6. The maximum Gasteiger partial charge on any atom is 0.306 e. The molecule has 0 aliphatic carbocycles. The third-order valence-electron chi connectivity index (χ3n) is 16.3. The van der Waals surface area contributed by atoms with Crippen molar-refractivity contribution in [3.05, 3.63) is 36.5 Å². The Bertz CT molecular complexity index is 1340. The van der Waals surface area contributed by atoms with E-state index in [1.807, 2.05) is 0 Å². The van der Waals surface area contributed by atoms with Crippen LogP contribution >= 0.6 is 0 Å². The molecule has 0 rings (SSSR count). The monoisotopic (exact) mass is 1120 g/mol. The molecule has 0 fully saturated rings. The Kier molecular flexibility index (Phi) is 67.1. The maximum atomic E-state index is 12.9. The van der Waals surface area contributed by atoms with Crippen LogP contribution in [0.15, 0.2) is 36.5 Å². The van der Waals surface area contributed by atoms with Crippen LogP contribution in [-0.4, -0.2) is 37.2 Å². The van der Waals surface area contributed by atoms with Crippen LogP contribution in [0.5, 0.6) is 0 Å². The molecule has 0 aromatic carbocycles. The number of hydrogen-bond acceptors (Lipinski definition) is 6. The molecule has 0 aromatic heterocycles. The van der Waals surface area contributed by atoms with Crippen molar-refractivity contribution in [2.75, 3.05) is 13.2 Å². The first kappa shape index (κ1) is 77.6. The quantitative estimate of drug-likeness (QED) is 0.0261. The molecule has 6 nitrogen and oxygen atoms in total. The Balaban J connectivity index is 4.12. The van der Waals surface area contributed by atoms with Gasteiger partial charge in [0.2, 0.25) is 0 Å². The van der Waals surface area contributed by atoms with Gasteiger partial charge in [-0.2, -0.15) is 0 Å². The molecule has 1 unspecified atom stereocenters. The summed E-state index contributed by atoms with van der Waals surface area (Å²) in [6.07, 6.45) is 86.3. The zero-order chi connectivity index (χ0) is 57.8. The smallest absolute Gasteiger partial charge is 0.306 e. The summed E-state index contributed by atoms with van der Waals surface area (Å²) in [4.78, 5) is 38.3. The van der Waals surface area contributed by atoms with Crippen molar-refractivity contribution in [1.82, 2.24) is 0 Å². The maximum absolute atomic E-state index is 12.9. The van der Waals surface area contributed by atoms with E-state index in [-0.39, 0.29) is 31.1 Å². The van der Waals surface area contributed by atoms with E-state index in [4.69, 9.17) is 14.2 Å². The van der Waals surface area contributed by atoms with Crippen LogP contribution in [0.3, 0.4) is 0 Å². The molecule has 0 aliphatic heterocycles. The predicted octanol–water partition coefficient (Wildman–Crippen LogP) is 24.7. The minimum Gasteiger partial charge on any atom is -0.462 e. The van der Waals surface area contributed by atoms with Crippen molar-refractivity contribution < 1.29 is 28.6 Å². The van der Waals surface area contributed by atoms with E-state index < -0.39 is 6.10 Å². The van der Waals surface area contributed by atoms with Gasteiger partial charge in [0.1, 0.15) is 13.2 Å². The van der Waals surface area contributed by atoms with E-state index in [0.717, 1.165) is 77.0 Å². The SMILES string of the molecule is CCC/C=C\CCCCCCCC(=O)OCC(COC(=O)CCCCCCCCCCCCCCCCC/C=C\C/C=C\CCCCCCC)OC(=O)CCCCCCCCCCCCCCCCCCCCCCCCCCC. The normalized spacial score (nSPS) is 12.2. The summed E-state index contributed by atoms with van der Waals surface area (Å²) >= 11 is 0. The molecule has 80 heavy (non-hydrogen) atoms. The zero-order valence-electron chi connectivity index (χ0n) is 54.1. The van der Waals surface area contributed by atoms with Gasteiger partial charge in [0, 0.05) is 19.3 Å². The zero-order valence-corrected chi connectivity index (χ0v) is 54.1. The lowest BCUT2D eigenvalue weighted by Gasteiger charge is -2.18. The van der Waals surface area contributed by atoms with Crippen LogP contribution in [0, 0.1) is 0 Å². The fourth-order valence-corrected chi connectivity index (χ4v) is 11.0. The lowest BCUT2D eigenvalue weighted by atomic mass is 10.0. The Labute approximate surface area is 499 Å². The number of carbonyl (C=O) groups excluding carboxylic acids is 3. The standard InChI is InChI=1S/C74H138O6/c1-4-7-10-13-16-19-22-24-26-28-30-32-34-36-37-39-40-42-44-46-48-50-52-55-58-61-64-67-73(76)79-70-71(69-78-72(75)66-63-60-57-54-21-18-15-12-9-6-3)80-74(77)68-65-62-59-56-53-51-49-47-45-43-41-38-35-33-31-29-27-25-23-20-17-14-11-8-5-2/h12,15,22,24,28,30,71H,4-11,13-14,16-21,23,25-27,29,31-70H2,1-3H3/b15-12-,24-22-,30-28-. The van der Waals surface area contributed by atoms with Gasteiger partial charge in [-0.15, -0.1) is 0 Å². The molecule has 0 aromatic rings. The van der Waals surface area contributed by atoms with Gasteiger partial charge < -0.3 is 14.2 Å². The van der Waals surface area contributed by atoms with Gasteiger partial charge in [0.15, 0.2) is 6.10 Å². The number of carbonyl (C=O) groups is 3. The molecule has 0 aliphatic rings. The molecule has 1 atom stereocenters. The second-order valence-electron chi connectivity index (χ2n) is 24.5. The number of ether oxygens (including phenoxy) is 3. The second kappa shape index (κ2) is 69.1. The Morgan fingerprint density at radius 2 is 0.475 bits per heavy atom. The summed E-state index contributed by atoms with van der Waals surface area (Å²) in [5.41, 5.74) is 0. The van der Waals surface area contributed by atoms with Crippen LogP contribution in [0.4, 0.5) is 0 Å². The van der Waals surface area contributed by atoms with Gasteiger partial charge in [-0.05, 0) is 70.6 Å². The minimum atomic E-state index is -0.773. The molecule has 0 saturated heterocycles. The van der Waals surface area contributed by atoms with Crippen LogP contribution in [0.25, 0.3) is 0 Å². The fraction of sp³-hybridized carbons (Fsp3) is 0.878. The van der Waals surface area contributed by atoms with Gasteiger partial charge >= 0.3 is 17.9 Å². The lowest BCUT2D eigenvalue weighted by Crippen LogP contribution is -2.30. The molecule has 0 heterocycles. The molecular weight excluding hydrogens is 985 g/mol. The highest BCUT2D eigenvalue weighted by Crippen LogP contribution is 2.19. The van der Waals surface area contributed by atoms with Crippen molar-refractivity contribution >= 4 is 17.9 Å².